The fourth-order valence-electron chi connectivity index (χ4n) is 2.43. The second kappa shape index (κ2) is 8.16. The molecule has 0 aliphatic heterocycles. The van der Waals surface area contributed by atoms with E-state index >= 15 is 0 Å². The maximum atomic E-state index is 12.2. The zero-order chi connectivity index (χ0) is 18.6. The fourth-order valence-corrected chi connectivity index (χ4v) is 2.66. The van der Waals surface area contributed by atoms with Gasteiger partial charge in [-0.1, -0.05) is 22.0 Å². The van der Waals surface area contributed by atoms with Crippen molar-refractivity contribution >= 4 is 33.5 Å². The molecule has 132 valence electrons. The van der Waals surface area contributed by atoms with Gasteiger partial charge in [-0.25, -0.2) is 4.79 Å². The molecule has 0 aromatic heterocycles. The second-order valence-electron chi connectivity index (χ2n) is 5.68. The van der Waals surface area contributed by atoms with Crippen molar-refractivity contribution in [1.82, 2.24) is 0 Å². The van der Waals surface area contributed by atoms with Crippen LogP contribution in [0.2, 0.25) is 0 Å². The Morgan fingerprint density at radius 1 is 1.12 bits per heavy atom. The molecule has 0 bridgehead atoms. The maximum Gasteiger partial charge on any atom is 0.338 e. The predicted octanol–water partition coefficient (Wildman–Crippen LogP) is 4.18. The first-order valence-electron chi connectivity index (χ1n) is 7.70. The Morgan fingerprint density at radius 2 is 1.76 bits per heavy atom. The third kappa shape index (κ3) is 4.60. The molecule has 6 heteroatoms. The number of methoxy groups -OCH3 is 1. The highest BCUT2D eigenvalue weighted by Gasteiger charge is 2.14. The molecule has 2 rings (SSSR count). The first-order valence-corrected chi connectivity index (χ1v) is 8.50. The van der Waals surface area contributed by atoms with Gasteiger partial charge in [0.25, 0.3) is 5.91 Å². The number of hydrogen-bond donors (Lipinski definition) is 1. The number of nitrogens with one attached hydrogen (secondary N) is 1. The molecule has 0 spiro atoms. The van der Waals surface area contributed by atoms with Gasteiger partial charge in [0.2, 0.25) is 0 Å². The molecule has 0 heterocycles. The summed E-state index contributed by atoms with van der Waals surface area (Å²) in [5, 5.41) is 2.76. The monoisotopic (exact) mass is 405 g/mol. The zero-order valence-corrected chi connectivity index (χ0v) is 16.2. The van der Waals surface area contributed by atoms with E-state index < -0.39 is 5.97 Å². The minimum Gasteiger partial charge on any atom is -0.484 e. The average Bonchev–Trinajstić information content (AvgIpc) is 2.59. The van der Waals surface area contributed by atoms with Gasteiger partial charge in [0, 0.05) is 10.2 Å². The van der Waals surface area contributed by atoms with E-state index in [1.807, 2.05) is 26.0 Å². The molecule has 5 nitrogen and oxygen atoms in total. The van der Waals surface area contributed by atoms with Crippen molar-refractivity contribution in [3.05, 3.63) is 57.1 Å². The van der Waals surface area contributed by atoms with Crippen molar-refractivity contribution in [3.8, 4) is 5.75 Å². The van der Waals surface area contributed by atoms with Crippen molar-refractivity contribution in [2.75, 3.05) is 19.0 Å². The number of amides is 1. The summed E-state index contributed by atoms with van der Waals surface area (Å²) in [6.07, 6.45) is 0. The SMILES string of the molecule is COC(=O)c1cccc(NC(=O)COc2cc(C)c(Br)c(C)c2)c1C. The smallest absolute Gasteiger partial charge is 0.338 e. The zero-order valence-electron chi connectivity index (χ0n) is 14.6. The lowest BCUT2D eigenvalue weighted by atomic mass is 10.1. The van der Waals surface area contributed by atoms with E-state index in [1.165, 1.54) is 7.11 Å². The van der Waals surface area contributed by atoms with Gasteiger partial charge in [0.05, 0.1) is 12.7 Å². The predicted molar refractivity (Wildman–Crippen MR) is 100 cm³/mol. The standard InChI is InChI=1S/C19H20BrNO4/c1-11-8-14(9-12(2)18(11)20)25-10-17(22)21-16-7-5-6-15(13(16)3)19(23)24-4/h5-9H,10H2,1-4H3,(H,21,22). The Balaban J connectivity index is 2.05. The third-order valence-electron chi connectivity index (χ3n) is 3.79. The van der Waals surface area contributed by atoms with Crippen LogP contribution in [0.1, 0.15) is 27.0 Å². The lowest BCUT2D eigenvalue weighted by Crippen LogP contribution is -2.21. The topological polar surface area (TPSA) is 64.6 Å². The molecule has 1 amide bonds. The Hall–Kier alpha value is -2.34. The highest BCUT2D eigenvalue weighted by atomic mass is 79.9. The van der Waals surface area contributed by atoms with Crippen LogP contribution in [0, 0.1) is 20.8 Å². The number of carbonyl (C=O) groups is 2. The quantitative estimate of drug-likeness (QED) is 0.757. The van der Waals surface area contributed by atoms with Crippen LogP contribution in [0.25, 0.3) is 0 Å². The molecule has 1 N–H and O–H groups in total. The summed E-state index contributed by atoms with van der Waals surface area (Å²) in [6.45, 7) is 5.56. The molecule has 2 aromatic carbocycles. The van der Waals surface area contributed by atoms with E-state index in [-0.39, 0.29) is 12.5 Å². The molecule has 0 unspecified atom stereocenters. The molecule has 0 saturated heterocycles. The molecule has 0 atom stereocenters. The molecule has 0 saturated carbocycles. The van der Waals surface area contributed by atoms with Crippen LogP contribution in [0.4, 0.5) is 5.69 Å². The maximum absolute atomic E-state index is 12.2. The van der Waals surface area contributed by atoms with Gasteiger partial charge in [-0.05, 0) is 61.7 Å². The third-order valence-corrected chi connectivity index (χ3v) is 5.04. The number of esters is 1. The molecule has 0 aliphatic carbocycles. The van der Waals surface area contributed by atoms with Gasteiger partial charge in [-0.2, -0.15) is 0 Å². The highest BCUT2D eigenvalue weighted by molar-refractivity contribution is 9.10. The molecule has 0 fully saturated rings. The Kier molecular flexibility index (Phi) is 6.20. The number of anilines is 1. The molecular weight excluding hydrogens is 386 g/mol. The van der Waals surface area contributed by atoms with Crippen LogP contribution in [-0.2, 0) is 9.53 Å². The van der Waals surface area contributed by atoms with E-state index in [0.29, 0.717) is 22.6 Å². The molecule has 2 aromatic rings. The van der Waals surface area contributed by atoms with Gasteiger partial charge in [0.15, 0.2) is 6.61 Å². The minimum atomic E-state index is -0.439. The van der Waals surface area contributed by atoms with Crippen LogP contribution in [0.15, 0.2) is 34.8 Å². The number of rotatable bonds is 5. The molecule has 25 heavy (non-hydrogen) atoms. The number of halogens is 1. The fraction of sp³-hybridized carbons (Fsp3) is 0.263. The molecule has 0 aliphatic rings. The van der Waals surface area contributed by atoms with Crippen LogP contribution < -0.4 is 10.1 Å². The Morgan fingerprint density at radius 3 is 2.36 bits per heavy atom. The summed E-state index contributed by atoms with van der Waals surface area (Å²) in [4.78, 5) is 23.9. The minimum absolute atomic E-state index is 0.123. The van der Waals surface area contributed by atoms with Gasteiger partial charge in [0.1, 0.15) is 5.75 Å². The largest absolute Gasteiger partial charge is 0.484 e. The van der Waals surface area contributed by atoms with E-state index in [0.717, 1.165) is 15.6 Å². The Bertz CT molecular complexity index is 794. The molecular formula is C19H20BrNO4. The van der Waals surface area contributed by atoms with Crippen molar-refractivity contribution in [3.63, 3.8) is 0 Å². The lowest BCUT2D eigenvalue weighted by Gasteiger charge is -2.13. The van der Waals surface area contributed by atoms with E-state index in [9.17, 15) is 9.59 Å². The Labute approximate surface area is 155 Å². The van der Waals surface area contributed by atoms with Crippen molar-refractivity contribution < 1.29 is 19.1 Å². The van der Waals surface area contributed by atoms with Crippen LogP contribution in [-0.4, -0.2) is 25.6 Å². The van der Waals surface area contributed by atoms with Crippen LogP contribution >= 0.6 is 15.9 Å². The number of ether oxygens (including phenoxy) is 2. The van der Waals surface area contributed by atoms with Gasteiger partial charge in [-0.15, -0.1) is 0 Å². The van der Waals surface area contributed by atoms with E-state index in [2.05, 4.69) is 21.2 Å². The first-order chi connectivity index (χ1) is 11.8. The summed E-state index contributed by atoms with van der Waals surface area (Å²) in [6, 6.07) is 8.81. The number of carbonyl (C=O) groups excluding carboxylic acids is 2. The summed E-state index contributed by atoms with van der Waals surface area (Å²) < 4.78 is 11.3. The summed E-state index contributed by atoms with van der Waals surface area (Å²) in [7, 11) is 1.32. The normalized spacial score (nSPS) is 10.3. The van der Waals surface area contributed by atoms with E-state index in [4.69, 9.17) is 9.47 Å². The van der Waals surface area contributed by atoms with E-state index in [1.54, 1.807) is 25.1 Å². The molecule has 0 radical (unpaired) electrons. The number of benzene rings is 2. The number of hydrogen-bond acceptors (Lipinski definition) is 4. The highest BCUT2D eigenvalue weighted by Crippen LogP contribution is 2.26. The summed E-state index contributed by atoms with van der Waals surface area (Å²) in [5.74, 6) is -0.109. The lowest BCUT2D eigenvalue weighted by molar-refractivity contribution is -0.118. The first kappa shape index (κ1) is 19.0. The van der Waals surface area contributed by atoms with Gasteiger partial charge >= 0.3 is 5.97 Å². The summed E-state index contributed by atoms with van der Waals surface area (Å²) in [5.41, 5.74) is 3.70. The van der Waals surface area contributed by atoms with Crippen molar-refractivity contribution in [1.29, 1.82) is 0 Å². The van der Waals surface area contributed by atoms with Crippen LogP contribution in [0.3, 0.4) is 0 Å². The van der Waals surface area contributed by atoms with Crippen LogP contribution in [0.5, 0.6) is 5.75 Å². The second-order valence-corrected chi connectivity index (χ2v) is 6.47. The van der Waals surface area contributed by atoms with Crippen molar-refractivity contribution in [2.24, 2.45) is 0 Å². The van der Waals surface area contributed by atoms with Crippen molar-refractivity contribution in [2.45, 2.75) is 20.8 Å². The van der Waals surface area contributed by atoms with Gasteiger partial charge in [-0.3, -0.25) is 4.79 Å². The van der Waals surface area contributed by atoms with Gasteiger partial charge < -0.3 is 14.8 Å². The number of aryl methyl sites for hydroxylation is 2. The average molecular weight is 406 g/mol. The summed E-state index contributed by atoms with van der Waals surface area (Å²) >= 11 is 3.50.